The third-order valence-electron chi connectivity index (χ3n) is 2.02. The fraction of sp³-hybridized carbons (Fsp3) is 0.400. The van der Waals surface area contributed by atoms with Crippen molar-refractivity contribution in [3.8, 4) is 11.5 Å². The van der Waals surface area contributed by atoms with Gasteiger partial charge >= 0.3 is 12.3 Å². The van der Waals surface area contributed by atoms with Crippen molar-refractivity contribution >= 4 is 17.6 Å². The zero-order valence-electron chi connectivity index (χ0n) is 9.62. The fourth-order valence-electron chi connectivity index (χ4n) is 1.36. The molecule has 19 heavy (non-hydrogen) atoms. The summed E-state index contributed by atoms with van der Waals surface area (Å²) in [5, 5.41) is 8.64. The van der Waals surface area contributed by atoms with E-state index in [9.17, 15) is 18.0 Å². The molecule has 0 amide bonds. The van der Waals surface area contributed by atoms with E-state index in [0.717, 1.165) is 13.3 Å². The molecule has 0 aliphatic heterocycles. The standard InChI is InChI=1S/C10H9ClF3NO4/c1-18-8-5(3-11)4-15-6(2-7(16)17)9(8)19-10(12,13)14/h4H,2-3H2,1H3,(H,16,17). The van der Waals surface area contributed by atoms with Crippen LogP contribution >= 0.6 is 11.6 Å². The molecule has 1 heterocycles. The number of rotatable bonds is 5. The molecule has 0 aliphatic rings. The number of halogens is 4. The van der Waals surface area contributed by atoms with Crippen LogP contribution in [0.25, 0.3) is 0 Å². The van der Waals surface area contributed by atoms with Crippen LogP contribution in [0.1, 0.15) is 11.3 Å². The number of carboxylic acids is 1. The predicted molar refractivity (Wildman–Crippen MR) is 58.4 cm³/mol. The molecule has 0 spiro atoms. The zero-order chi connectivity index (χ0) is 14.6. The molecule has 0 fully saturated rings. The number of hydrogen-bond acceptors (Lipinski definition) is 4. The van der Waals surface area contributed by atoms with Gasteiger partial charge in [0.1, 0.15) is 0 Å². The van der Waals surface area contributed by atoms with Crippen LogP contribution < -0.4 is 9.47 Å². The van der Waals surface area contributed by atoms with Crippen LogP contribution in [0.2, 0.25) is 0 Å². The second kappa shape index (κ2) is 5.96. The first-order chi connectivity index (χ1) is 8.78. The smallest absolute Gasteiger partial charge is 0.492 e. The molecule has 1 aromatic heterocycles. The summed E-state index contributed by atoms with van der Waals surface area (Å²) in [6.45, 7) is 0. The average Bonchev–Trinajstić information content (AvgIpc) is 2.28. The topological polar surface area (TPSA) is 68.7 Å². The molecule has 106 valence electrons. The normalized spacial score (nSPS) is 11.2. The zero-order valence-corrected chi connectivity index (χ0v) is 10.4. The van der Waals surface area contributed by atoms with Crippen LogP contribution in [0, 0.1) is 0 Å². The maximum atomic E-state index is 12.3. The monoisotopic (exact) mass is 299 g/mol. The van der Waals surface area contributed by atoms with Crippen LogP contribution in [0.3, 0.4) is 0 Å². The molecule has 0 saturated heterocycles. The van der Waals surface area contributed by atoms with Gasteiger partial charge in [-0.25, -0.2) is 0 Å². The Morgan fingerprint density at radius 2 is 2.11 bits per heavy atom. The van der Waals surface area contributed by atoms with Gasteiger partial charge in [-0.15, -0.1) is 24.8 Å². The van der Waals surface area contributed by atoms with Gasteiger partial charge in [-0.2, -0.15) is 0 Å². The molecule has 0 bridgehead atoms. The van der Waals surface area contributed by atoms with E-state index in [-0.39, 0.29) is 17.2 Å². The number of alkyl halides is 4. The van der Waals surface area contributed by atoms with E-state index < -0.39 is 30.2 Å². The van der Waals surface area contributed by atoms with Crippen LogP contribution in [-0.2, 0) is 17.1 Å². The van der Waals surface area contributed by atoms with Crippen molar-refractivity contribution < 1.29 is 32.5 Å². The molecule has 5 nitrogen and oxygen atoms in total. The lowest BCUT2D eigenvalue weighted by Gasteiger charge is -2.17. The van der Waals surface area contributed by atoms with Gasteiger partial charge in [0.2, 0.25) is 0 Å². The highest BCUT2D eigenvalue weighted by Crippen LogP contribution is 2.38. The van der Waals surface area contributed by atoms with Crippen molar-refractivity contribution in [2.24, 2.45) is 0 Å². The molecule has 1 aromatic rings. The van der Waals surface area contributed by atoms with E-state index in [2.05, 4.69) is 9.72 Å². The number of aromatic nitrogens is 1. The maximum absolute atomic E-state index is 12.3. The second-order valence-electron chi connectivity index (χ2n) is 3.34. The summed E-state index contributed by atoms with van der Waals surface area (Å²) >= 11 is 5.54. The Balaban J connectivity index is 3.35. The molecule has 9 heteroatoms. The van der Waals surface area contributed by atoms with Gasteiger partial charge in [0.05, 0.1) is 25.1 Å². The molecule has 0 aromatic carbocycles. The van der Waals surface area contributed by atoms with E-state index in [1.54, 1.807) is 0 Å². The Morgan fingerprint density at radius 3 is 2.53 bits per heavy atom. The number of nitrogens with zero attached hydrogens (tertiary/aromatic N) is 1. The number of carboxylic acid groups (broad SMARTS) is 1. The highest BCUT2D eigenvalue weighted by Gasteiger charge is 2.35. The summed E-state index contributed by atoms with van der Waals surface area (Å²) in [5.41, 5.74) is -0.229. The molecular formula is C10H9ClF3NO4. The Kier molecular flexibility index (Phi) is 4.82. The molecule has 0 saturated carbocycles. The predicted octanol–water partition coefficient (Wildman–Crippen LogP) is 2.35. The number of aliphatic carboxylic acids is 1. The van der Waals surface area contributed by atoms with Crippen molar-refractivity contribution in [3.05, 3.63) is 17.5 Å². The van der Waals surface area contributed by atoms with Crippen molar-refractivity contribution in [3.63, 3.8) is 0 Å². The van der Waals surface area contributed by atoms with Gasteiger partial charge in [-0.1, -0.05) is 0 Å². The molecule has 0 atom stereocenters. The van der Waals surface area contributed by atoms with Crippen molar-refractivity contribution in [1.82, 2.24) is 4.98 Å². The molecule has 1 rings (SSSR count). The first-order valence-corrected chi connectivity index (χ1v) is 5.40. The number of hydrogen-bond donors (Lipinski definition) is 1. The van der Waals surface area contributed by atoms with Gasteiger partial charge < -0.3 is 14.6 Å². The lowest BCUT2D eigenvalue weighted by Crippen LogP contribution is -2.20. The summed E-state index contributed by atoms with van der Waals surface area (Å²) in [4.78, 5) is 14.2. The van der Waals surface area contributed by atoms with Crippen molar-refractivity contribution in [1.29, 1.82) is 0 Å². The molecule has 0 unspecified atom stereocenters. The van der Waals surface area contributed by atoms with Gasteiger partial charge in [-0.3, -0.25) is 9.78 Å². The van der Waals surface area contributed by atoms with E-state index in [0.29, 0.717) is 0 Å². The Bertz CT molecular complexity index is 479. The van der Waals surface area contributed by atoms with Crippen molar-refractivity contribution in [2.45, 2.75) is 18.7 Å². The summed E-state index contributed by atoms with van der Waals surface area (Å²) in [7, 11) is 1.12. The minimum absolute atomic E-state index is 0.155. The second-order valence-corrected chi connectivity index (χ2v) is 3.61. The molecule has 0 radical (unpaired) electrons. The van der Waals surface area contributed by atoms with E-state index in [1.807, 2.05) is 0 Å². The van der Waals surface area contributed by atoms with Crippen molar-refractivity contribution in [2.75, 3.05) is 7.11 Å². The minimum atomic E-state index is -4.99. The summed E-state index contributed by atoms with van der Waals surface area (Å²) in [6, 6.07) is 0. The Hall–Kier alpha value is -1.70. The molecule has 1 N–H and O–H groups in total. The highest BCUT2D eigenvalue weighted by atomic mass is 35.5. The van der Waals surface area contributed by atoms with Gasteiger partial charge in [0, 0.05) is 11.8 Å². The largest absolute Gasteiger partial charge is 0.573 e. The van der Waals surface area contributed by atoms with Gasteiger partial charge in [0.25, 0.3) is 0 Å². The van der Waals surface area contributed by atoms with Crippen LogP contribution in [0.4, 0.5) is 13.2 Å². The lowest BCUT2D eigenvalue weighted by atomic mass is 10.2. The lowest BCUT2D eigenvalue weighted by molar-refractivity contribution is -0.275. The summed E-state index contributed by atoms with van der Waals surface area (Å²) < 4.78 is 45.6. The summed E-state index contributed by atoms with van der Waals surface area (Å²) in [5.74, 6) is -2.56. The summed E-state index contributed by atoms with van der Waals surface area (Å²) in [6.07, 6.45) is -4.58. The first-order valence-electron chi connectivity index (χ1n) is 4.86. The average molecular weight is 300 g/mol. The van der Waals surface area contributed by atoms with E-state index in [1.165, 1.54) is 0 Å². The number of methoxy groups -OCH3 is 1. The first kappa shape index (κ1) is 15.4. The minimum Gasteiger partial charge on any atom is -0.492 e. The SMILES string of the molecule is COc1c(CCl)cnc(CC(=O)O)c1OC(F)(F)F. The quantitative estimate of drug-likeness (QED) is 0.845. The number of carbonyl (C=O) groups is 1. The fourth-order valence-corrected chi connectivity index (χ4v) is 1.55. The van der Waals surface area contributed by atoms with E-state index in [4.69, 9.17) is 21.4 Å². The van der Waals surface area contributed by atoms with Crippen LogP contribution in [0.5, 0.6) is 11.5 Å². The van der Waals surface area contributed by atoms with E-state index >= 15 is 0 Å². The highest BCUT2D eigenvalue weighted by molar-refractivity contribution is 6.17. The third kappa shape index (κ3) is 4.16. The Labute approximate surface area is 110 Å². The maximum Gasteiger partial charge on any atom is 0.573 e. The van der Waals surface area contributed by atoms with Gasteiger partial charge in [0.15, 0.2) is 11.5 Å². The van der Waals surface area contributed by atoms with Crippen LogP contribution in [-0.4, -0.2) is 29.5 Å². The molecule has 0 aliphatic carbocycles. The third-order valence-corrected chi connectivity index (χ3v) is 2.31. The number of ether oxygens (including phenoxy) is 2. The molecular weight excluding hydrogens is 291 g/mol. The number of pyridine rings is 1. The van der Waals surface area contributed by atoms with Gasteiger partial charge in [-0.05, 0) is 0 Å². The Morgan fingerprint density at radius 1 is 1.47 bits per heavy atom. The van der Waals surface area contributed by atoms with Crippen LogP contribution in [0.15, 0.2) is 6.20 Å².